The van der Waals surface area contributed by atoms with Gasteiger partial charge in [0, 0.05) is 21.3 Å². The van der Waals surface area contributed by atoms with Crippen LogP contribution < -0.4 is 15.7 Å². The summed E-state index contributed by atoms with van der Waals surface area (Å²) in [5.41, 5.74) is 8.85. The summed E-state index contributed by atoms with van der Waals surface area (Å²) >= 11 is 12.0. The summed E-state index contributed by atoms with van der Waals surface area (Å²) in [6, 6.07) is 21.4. The van der Waals surface area contributed by atoms with E-state index >= 15 is 0 Å². The highest BCUT2D eigenvalue weighted by Crippen LogP contribution is 2.17. The number of nitrogens with one attached hydrogen (secondary N) is 3. The summed E-state index contributed by atoms with van der Waals surface area (Å²) < 4.78 is 27.5. The molecule has 3 aromatic rings. The minimum Gasteiger partial charge on any atom is -0.282 e. The molecule has 0 aromatic heterocycles. The molecule has 0 atom stereocenters. The molecule has 0 spiro atoms. The van der Waals surface area contributed by atoms with Crippen molar-refractivity contribution in [3.63, 3.8) is 0 Å². The maximum absolute atomic E-state index is 12.5. The van der Waals surface area contributed by atoms with Crippen molar-refractivity contribution in [3.8, 4) is 0 Å². The molecule has 0 radical (unpaired) electrons. The number of hydrogen-bond acceptors (Lipinski definition) is 6. The van der Waals surface area contributed by atoms with Crippen LogP contribution in [0.2, 0.25) is 10.0 Å². The second-order valence-electron chi connectivity index (χ2n) is 6.97. The van der Waals surface area contributed by atoms with Crippen LogP contribution in [0.4, 0.5) is 5.69 Å². The number of hydrazone groups is 1. The van der Waals surface area contributed by atoms with E-state index < -0.39 is 10.0 Å². The molecule has 3 aromatic carbocycles. The van der Waals surface area contributed by atoms with Gasteiger partial charge in [0.2, 0.25) is 0 Å². The molecule has 4 rings (SSSR count). The zero-order valence-corrected chi connectivity index (χ0v) is 19.0. The summed E-state index contributed by atoms with van der Waals surface area (Å²) in [4.78, 5) is 0. The van der Waals surface area contributed by atoms with Crippen molar-refractivity contribution in [1.29, 1.82) is 0 Å². The van der Waals surface area contributed by atoms with Crippen LogP contribution in [0.25, 0.3) is 6.08 Å². The summed E-state index contributed by atoms with van der Waals surface area (Å²) in [5, 5.41) is 8.27. The number of hydrogen-bond donors (Lipinski definition) is 3. The number of halogens is 2. The first-order valence-corrected chi connectivity index (χ1v) is 11.9. The molecule has 3 N–H and O–H groups in total. The molecule has 1 heterocycles. The SMILES string of the molecule is O=S(=O)(C=Cc1cccc(Cl)c1)Nc1cccc(C2=NNN(Cc3cccc(Cl)c3)N2)c1. The Morgan fingerprint density at radius 3 is 2.50 bits per heavy atom. The second-order valence-corrected chi connectivity index (χ2v) is 9.41. The van der Waals surface area contributed by atoms with Gasteiger partial charge < -0.3 is 0 Å². The van der Waals surface area contributed by atoms with Crippen LogP contribution in [-0.2, 0) is 16.6 Å². The van der Waals surface area contributed by atoms with E-state index in [1.807, 2.05) is 30.3 Å². The Bertz CT molecular complexity index is 1290. The molecule has 10 heteroatoms. The third-order valence-electron chi connectivity index (χ3n) is 4.44. The average Bonchev–Trinajstić information content (AvgIpc) is 3.21. The Balaban J connectivity index is 1.41. The number of benzene rings is 3. The van der Waals surface area contributed by atoms with Crippen LogP contribution in [0.1, 0.15) is 16.7 Å². The Morgan fingerprint density at radius 2 is 1.72 bits per heavy atom. The fourth-order valence-electron chi connectivity index (χ4n) is 3.02. The molecule has 0 amide bonds. The highest BCUT2D eigenvalue weighted by Gasteiger charge is 2.17. The molecule has 7 nitrogen and oxygen atoms in total. The third kappa shape index (κ3) is 6.02. The van der Waals surface area contributed by atoms with Crippen LogP contribution in [0.5, 0.6) is 0 Å². The van der Waals surface area contributed by atoms with Crippen molar-refractivity contribution in [2.24, 2.45) is 5.10 Å². The van der Waals surface area contributed by atoms with Crippen LogP contribution in [0.15, 0.2) is 83.3 Å². The van der Waals surface area contributed by atoms with Gasteiger partial charge in [0.25, 0.3) is 10.0 Å². The van der Waals surface area contributed by atoms with Crippen LogP contribution >= 0.6 is 23.2 Å². The van der Waals surface area contributed by atoms with Gasteiger partial charge in [-0.3, -0.25) is 10.1 Å². The predicted molar refractivity (Wildman–Crippen MR) is 129 cm³/mol. The highest BCUT2D eigenvalue weighted by atomic mass is 35.5. The van der Waals surface area contributed by atoms with E-state index in [0.29, 0.717) is 39.2 Å². The molecule has 1 aliphatic heterocycles. The monoisotopic (exact) mass is 487 g/mol. The second kappa shape index (κ2) is 9.62. The Hall–Kier alpha value is -3.04. The van der Waals surface area contributed by atoms with Crippen LogP contribution in [0.3, 0.4) is 0 Å². The fraction of sp³-hybridized carbons (Fsp3) is 0.0455. The molecular formula is C22H19Cl2N5O2S. The lowest BCUT2D eigenvalue weighted by atomic mass is 10.2. The van der Waals surface area contributed by atoms with Crippen molar-refractivity contribution in [2.45, 2.75) is 6.54 Å². The lowest BCUT2D eigenvalue weighted by molar-refractivity contribution is 0.170. The van der Waals surface area contributed by atoms with Gasteiger partial charge in [-0.15, -0.1) is 10.2 Å². The summed E-state index contributed by atoms with van der Waals surface area (Å²) in [6.45, 7) is 0.522. The van der Waals surface area contributed by atoms with Gasteiger partial charge in [0.15, 0.2) is 5.84 Å². The molecule has 1 aliphatic rings. The molecule has 0 saturated carbocycles. The van der Waals surface area contributed by atoms with E-state index in [1.54, 1.807) is 47.6 Å². The Morgan fingerprint density at radius 1 is 0.969 bits per heavy atom. The molecule has 0 unspecified atom stereocenters. The summed E-state index contributed by atoms with van der Waals surface area (Å²) in [6.07, 6.45) is 1.48. The standard InChI is InChI=1S/C22H19Cl2N5O2S/c23-19-7-1-4-16(12-19)10-11-32(30,31)27-21-9-3-6-18(14-21)22-25-28-29(26-22)15-17-5-2-8-20(24)13-17/h1-14,27-28H,15H2,(H,25,26). The van der Waals surface area contributed by atoms with Gasteiger partial charge in [-0.2, -0.15) is 0 Å². The number of anilines is 1. The first-order chi connectivity index (χ1) is 15.4. The van der Waals surface area contributed by atoms with Crippen molar-refractivity contribution in [2.75, 3.05) is 4.72 Å². The molecule has 0 saturated heterocycles. The van der Waals surface area contributed by atoms with E-state index in [0.717, 1.165) is 11.0 Å². The maximum Gasteiger partial charge on any atom is 0.255 e. The third-order valence-corrected chi connectivity index (χ3v) is 5.92. The number of hydrazine groups is 2. The predicted octanol–water partition coefficient (Wildman–Crippen LogP) is 4.59. The minimum absolute atomic E-state index is 0.413. The lowest BCUT2D eigenvalue weighted by Crippen LogP contribution is -2.40. The Labute approximate surface area is 196 Å². The van der Waals surface area contributed by atoms with Crippen molar-refractivity contribution in [3.05, 3.63) is 105 Å². The summed E-state index contributed by atoms with van der Waals surface area (Å²) in [7, 11) is -3.71. The average molecular weight is 488 g/mol. The summed E-state index contributed by atoms with van der Waals surface area (Å²) in [5.74, 6) is 0.558. The van der Waals surface area contributed by atoms with Gasteiger partial charge in [-0.25, -0.2) is 14.0 Å². The zero-order chi connectivity index (χ0) is 22.6. The normalized spacial score (nSPS) is 14.1. The fourth-order valence-corrected chi connectivity index (χ4v) is 4.29. The minimum atomic E-state index is -3.71. The lowest BCUT2D eigenvalue weighted by Gasteiger charge is -2.16. The van der Waals surface area contributed by atoms with Gasteiger partial charge in [0.1, 0.15) is 0 Å². The van der Waals surface area contributed by atoms with Crippen molar-refractivity contribution in [1.82, 2.24) is 16.1 Å². The van der Waals surface area contributed by atoms with E-state index in [1.165, 1.54) is 6.08 Å². The van der Waals surface area contributed by atoms with E-state index in [9.17, 15) is 8.42 Å². The molecular weight excluding hydrogens is 469 g/mol. The number of nitrogens with zero attached hydrogens (tertiary/aromatic N) is 2. The van der Waals surface area contributed by atoms with Crippen molar-refractivity contribution >= 4 is 50.8 Å². The molecule has 164 valence electrons. The van der Waals surface area contributed by atoms with Gasteiger partial charge in [0.05, 0.1) is 12.0 Å². The highest BCUT2D eigenvalue weighted by molar-refractivity contribution is 7.95. The molecule has 32 heavy (non-hydrogen) atoms. The molecule has 0 aliphatic carbocycles. The quantitative estimate of drug-likeness (QED) is 0.453. The largest absolute Gasteiger partial charge is 0.282 e. The first kappa shape index (κ1) is 22.2. The maximum atomic E-state index is 12.5. The number of amidine groups is 1. The van der Waals surface area contributed by atoms with Crippen LogP contribution in [0, 0.1) is 0 Å². The van der Waals surface area contributed by atoms with Gasteiger partial charge in [-0.1, -0.05) is 59.6 Å². The zero-order valence-electron chi connectivity index (χ0n) is 16.7. The van der Waals surface area contributed by atoms with Gasteiger partial charge >= 0.3 is 0 Å². The topological polar surface area (TPSA) is 85.8 Å². The van der Waals surface area contributed by atoms with Crippen molar-refractivity contribution < 1.29 is 8.42 Å². The molecule has 0 bridgehead atoms. The Kier molecular flexibility index (Phi) is 6.66. The smallest absolute Gasteiger partial charge is 0.255 e. The first-order valence-electron chi connectivity index (χ1n) is 9.55. The molecule has 0 fully saturated rings. The van der Waals surface area contributed by atoms with Gasteiger partial charge in [-0.05, 0) is 53.6 Å². The number of rotatable bonds is 7. The number of sulfonamides is 1. The van der Waals surface area contributed by atoms with E-state index in [-0.39, 0.29) is 0 Å². The van der Waals surface area contributed by atoms with Crippen LogP contribution in [-0.4, -0.2) is 19.4 Å². The van der Waals surface area contributed by atoms with E-state index in [4.69, 9.17) is 23.2 Å². The van der Waals surface area contributed by atoms with E-state index in [2.05, 4.69) is 20.8 Å².